The fraction of sp³-hybridized carbons (Fsp3) is 0.0952. The van der Waals surface area contributed by atoms with Crippen LogP contribution >= 0.6 is 23.1 Å². The van der Waals surface area contributed by atoms with E-state index in [-0.39, 0.29) is 11.5 Å². The molecule has 0 unspecified atom stereocenters. The number of amides is 1. The number of anilines is 1. The molecule has 7 heteroatoms. The Kier molecular flexibility index (Phi) is 5.27. The Hall–Kier alpha value is -2.90. The molecule has 2 aromatic heterocycles. The second-order valence-corrected chi connectivity index (χ2v) is 8.42. The number of nitrogens with one attached hydrogen (secondary N) is 1. The van der Waals surface area contributed by atoms with E-state index in [1.807, 2.05) is 49.4 Å². The van der Waals surface area contributed by atoms with Gasteiger partial charge in [-0.3, -0.25) is 14.0 Å². The molecule has 0 aliphatic carbocycles. The molecule has 0 saturated carbocycles. The molecule has 0 spiro atoms. The molecule has 1 N–H and O–H groups in total. The van der Waals surface area contributed by atoms with E-state index in [9.17, 15) is 9.59 Å². The molecule has 28 heavy (non-hydrogen) atoms. The highest BCUT2D eigenvalue weighted by Crippen LogP contribution is 2.30. The van der Waals surface area contributed by atoms with E-state index in [2.05, 4.69) is 10.3 Å². The van der Waals surface area contributed by atoms with E-state index in [1.54, 1.807) is 40.6 Å². The Morgan fingerprint density at radius 1 is 1.14 bits per heavy atom. The third kappa shape index (κ3) is 4.00. The first-order valence-corrected chi connectivity index (χ1v) is 10.5. The number of thiazole rings is 1. The van der Waals surface area contributed by atoms with Crippen molar-refractivity contribution in [1.29, 1.82) is 0 Å². The summed E-state index contributed by atoms with van der Waals surface area (Å²) >= 11 is 3.04. The molecule has 1 amide bonds. The number of aromatic nitrogens is 2. The minimum Gasteiger partial charge on any atom is -0.321 e. The van der Waals surface area contributed by atoms with E-state index in [0.29, 0.717) is 16.3 Å². The Bertz CT molecular complexity index is 1200. The maximum Gasteiger partial charge on any atom is 0.258 e. The molecular weight excluding hydrogens is 390 g/mol. The Morgan fingerprint density at radius 2 is 1.89 bits per heavy atom. The molecule has 2 aromatic carbocycles. The highest BCUT2D eigenvalue weighted by molar-refractivity contribution is 7.98. The first-order chi connectivity index (χ1) is 13.6. The molecule has 2 heterocycles. The maximum absolute atomic E-state index is 12.5. The summed E-state index contributed by atoms with van der Waals surface area (Å²) < 4.78 is 1.57. The van der Waals surface area contributed by atoms with E-state index < -0.39 is 0 Å². The second kappa shape index (κ2) is 8.00. The Morgan fingerprint density at radius 3 is 2.71 bits per heavy atom. The van der Waals surface area contributed by atoms with Crippen molar-refractivity contribution in [1.82, 2.24) is 9.38 Å². The Balaban J connectivity index is 1.53. The second-order valence-electron chi connectivity index (χ2n) is 6.19. The fourth-order valence-electron chi connectivity index (χ4n) is 2.76. The summed E-state index contributed by atoms with van der Waals surface area (Å²) in [6, 6.07) is 18.3. The first-order valence-electron chi connectivity index (χ1n) is 8.67. The van der Waals surface area contributed by atoms with Crippen LogP contribution in [0.3, 0.4) is 0 Å². The summed E-state index contributed by atoms with van der Waals surface area (Å²) in [4.78, 5) is 32.0. The van der Waals surface area contributed by atoms with Gasteiger partial charge < -0.3 is 5.32 Å². The van der Waals surface area contributed by atoms with Crippen molar-refractivity contribution in [2.45, 2.75) is 17.6 Å². The predicted molar refractivity (Wildman–Crippen MR) is 114 cm³/mol. The van der Waals surface area contributed by atoms with Gasteiger partial charge in [-0.15, -0.1) is 23.1 Å². The van der Waals surface area contributed by atoms with Gasteiger partial charge in [0, 0.05) is 33.4 Å². The molecular formula is C21H17N3O2S2. The topological polar surface area (TPSA) is 63.5 Å². The normalized spacial score (nSPS) is 10.9. The van der Waals surface area contributed by atoms with Crippen LogP contribution in [0.1, 0.15) is 20.9 Å². The highest BCUT2D eigenvalue weighted by atomic mass is 32.2. The molecule has 0 aliphatic heterocycles. The van der Waals surface area contributed by atoms with E-state index >= 15 is 0 Å². The van der Waals surface area contributed by atoms with Crippen molar-refractivity contribution in [2.75, 3.05) is 5.32 Å². The standard InChI is InChI=1S/C21H17N3O2S2/c1-14-12-24-19(25)11-16(22-21(24)28-14)13-27-18-10-6-5-9-17(18)23-20(26)15-7-3-2-4-8-15/h2-12H,13H2,1H3,(H,23,26). The lowest BCUT2D eigenvalue weighted by Crippen LogP contribution is -2.13. The molecule has 0 atom stereocenters. The number of hydrogen-bond donors (Lipinski definition) is 1. The zero-order valence-electron chi connectivity index (χ0n) is 15.1. The van der Waals surface area contributed by atoms with Gasteiger partial charge in [0.2, 0.25) is 0 Å². The van der Waals surface area contributed by atoms with Crippen LogP contribution in [-0.4, -0.2) is 15.3 Å². The summed E-state index contributed by atoms with van der Waals surface area (Å²) in [5.41, 5.74) is 2.00. The lowest BCUT2D eigenvalue weighted by Gasteiger charge is -2.10. The average Bonchev–Trinajstić information content (AvgIpc) is 3.09. The summed E-state index contributed by atoms with van der Waals surface area (Å²) in [6.45, 7) is 1.96. The molecule has 0 saturated heterocycles. The van der Waals surface area contributed by atoms with Crippen molar-refractivity contribution in [3.05, 3.63) is 93.3 Å². The number of para-hydroxylation sites is 1. The smallest absolute Gasteiger partial charge is 0.258 e. The molecule has 0 aliphatic rings. The summed E-state index contributed by atoms with van der Waals surface area (Å²) in [5.74, 6) is 0.390. The molecule has 4 aromatic rings. The monoisotopic (exact) mass is 407 g/mol. The molecule has 0 radical (unpaired) electrons. The lowest BCUT2D eigenvalue weighted by molar-refractivity contribution is 0.102. The number of aryl methyl sites for hydroxylation is 1. The number of rotatable bonds is 5. The zero-order valence-corrected chi connectivity index (χ0v) is 16.7. The molecule has 140 valence electrons. The van der Waals surface area contributed by atoms with E-state index in [4.69, 9.17) is 0 Å². The summed E-state index contributed by atoms with van der Waals surface area (Å²) in [7, 11) is 0. The maximum atomic E-state index is 12.5. The first kappa shape index (κ1) is 18.5. The van der Waals surface area contributed by atoms with Crippen molar-refractivity contribution < 1.29 is 4.79 Å². The van der Waals surface area contributed by atoms with Crippen molar-refractivity contribution in [3.63, 3.8) is 0 Å². The van der Waals surface area contributed by atoms with Gasteiger partial charge in [-0.25, -0.2) is 4.98 Å². The molecule has 0 fully saturated rings. The van der Waals surface area contributed by atoms with Gasteiger partial charge in [0.25, 0.3) is 11.5 Å². The van der Waals surface area contributed by atoms with Crippen LogP contribution in [0.15, 0.2) is 76.6 Å². The van der Waals surface area contributed by atoms with Crippen LogP contribution in [0, 0.1) is 6.92 Å². The van der Waals surface area contributed by atoms with Gasteiger partial charge in [0.05, 0.1) is 11.4 Å². The Labute approximate surface area is 170 Å². The number of carbonyl (C=O) groups is 1. The fourth-order valence-corrected chi connectivity index (χ4v) is 4.51. The van der Waals surface area contributed by atoms with Gasteiger partial charge in [0.15, 0.2) is 4.96 Å². The van der Waals surface area contributed by atoms with E-state index in [1.165, 1.54) is 11.3 Å². The summed E-state index contributed by atoms with van der Waals surface area (Å²) in [5, 5.41) is 2.96. The largest absolute Gasteiger partial charge is 0.321 e. The minimum atomic E-state index is -0.152. The van der Waals surface area contributed by atoms with Gasteiger partial charge in [0.1, 0.15) is 0 Å². The average molecular weight is 408 g/mol. The predicted octanol–water partition coefficient (Wildman–Crippen LogP) is 4.61. The van der Waals surface area contributed by atoms with Crippen LogP contribution in [0.2, 0.25) is 0 Å². The van der Waals surface area contributed by atoms with Crippen molar-refractivity contribution >= 4 is 39.7 Å². The number of benzene rings is 2. The molecule has 0 bridgehead atoms. The van der Waals surface area contributed by atoms with E-state index in [0.717, 1.165) is 21.2 Å². The lowest BCUT2D eigenvalue weighted by atomic mass is 10.2. The van der Waals surface area contributed by atoms with Gasteiger partial charge >= 0.3 is 0 Å². The number of fused-ring (bicyclic) bond motifs is 1. The number of hydrogen-bond acceptors (Lipinski definition) is 5. The molecule has 4 rings (SSSR count). The van der Waals surface area contributed by atoms with Crippen LogP contribution in [0.5, 0.6) is 0 Å². The van der Waals surface area contributed by atoms with Gasteiger partial charge in [-0.1, -0.05) is 30.3 Å². The third-order valence-corrected chi connectivity index (χ3v) is 6.09. The summed E-state index contributed by atoms with van der Waals surface area (Å²) in [6.07, 6.45) is 1.81. The number of carbonyl (C=O) groups excluding carboxylic acids is 1. The number of thioether (sulfide) groups is 1. The van der Waals surface area contributed by atoms with Gasteiger partial charge in [-0.2, -0.15) is 0 Å². The van der Waals surface area contributed by atoms with Gasteiger partial charge in [-0.05, 0) is 31.2 Å². The van der Waals surface area contributed by atoms with Crippen LogP contribution in [0.25, 0.3) is 4.96 Å². The number of nitrogens with zero attached hydrogens (tertiary/aromatic N) is 2. The van der Waals surface area contributed by atoms with Crippen molar-refractivity contribution in [3.8, 4) is 0 Å². The zero-order chi connectivity index (χ0) is 19.5. The van der Waals surface area contributed by atoms with Crippen LogP contribution < -0.4 is 10.9 Å². The quantitative estimate of drug-likeness (QED) is 0.491. The van der Waals surface area contributed by atoms with Crippen molar-refractivity contribution in [2.24, 2.45) is 0 Å². The molecule has 5 nitrogen and oxygen atoms in total. The highest BCUT2D eigenvalue weighted by Gasteiger charge is 2.11. The van der Waals surface area contributed by atoms with Crippen LogP contribution in [-0.2, 0) is 5.75 Å². The minimum absolute atomic E-state index is 0.0735. The van der Waals surface area contributed by atoms with Crippen LogP contribution in [0.4, 0.5) is 5.69 Å². The SMILES string of the molecule is Cc1cn2c(=O)cc(CSc3ccccc3NC(=O)c3ccccc3)nc2s1. The third-order valence-electron chi connectivity index (χ3n) is 4.08.